The van der Waals surface area contributed by atoms with Crippen LogP contribution in [0.1, 0.15) is 44.6 Å². The Morgan fingerprint density at radius 1 is 1.35 bits per heavy atom. The zero-order valence-electron chi connectivity index (χ0n) is 18.5. The molecule has 5 nitrogen and oxygen atoms in total. The number of esters is 1. The lowest BCUT2D eigenvalue weighted by atomic mass is 9.99. The summed E-state index contributed by atoms with van der Waals surface area (Å²) in [6.07, 6.45) is 6.36. The number of nitrogens with zero attached hydrogens (tertiary/aromatic N) is 1. The molecule has 1 aromatic carbocycles. The molecule has 6 heteroatoms. The highest BCUT2D eigenvalue weighted by atomic mass is 32.2. The summed E-state index contributed by atoms with van der Waals surface area (Å²) in [5.41, 5.74) is 0.975. The molecule has 1 aliphatic heterocycles. The van der Waals surface area contributed by atoms with Gasteiger partial charge in [0.1, 0.15) is 0 Å². The average molecular weight is 444 g/mol. The number of ether oxygens (including phenoxy) is 1. The Hall–Kier alpha value is -2.23. The van der Waals surface area contributed by atoms with E-state index >= 15 is 0 Å². The van der Waals surface area contributed by atoms with Crippen molar-refractivity contribution >= 4 is 23.6 Å². The van der Waals surface area contributed by atoms with Gasteiger partial charge in [0, 0.05) is 37.1 Å². The van der Waals surface area contributed by atoms with Crippen molar-refractivity contribution < 1.29 is 19.4 Å². The van der Waals surface area contributed by atoms with Gasteiger partial charge in [0.2, 0.25) is 5.91 Å². The van der Waals surface area contributed by atoms with Gasteiger partial charge in [0.15, 0.2) is 0 Å². The first-order valence-electron chi connectivity index (χ1n) is 10.9. The highest BCUT2D eigenvalue weighted by Crippen LogP contribution is 2.21. The van der Waals surface area contributed by atoms with Crippen molar-refractivity contribution in [3.63, 3.8) is 0 Å². The van der Waals surface area contributed by atoms with E-state index in [0.717, 1.165) is 29.9 Å². The van der Waals surface area contributed by atoms with Crippen LogP contribution in [-0.4, -0.2) is 59.2 Å². The van der Waals surface area contributed by atoms with Gasteiger partial charge in [0.05, 0.1) is 19.3 Å². The van der Waals surface area contributed by atoms with E-state index in [0.29, 0.717) is 25.8 Å². The Labute approximate surface area is 190 Å². The van der Waals surface area contributed by atoms with Crippen molar-refractivity contribution in [2.75, 3.05) is 25.2 Å². The Bertz CT molecular complexity index is 784. The maximum Gasteiger partial charge on any atom is 0.305 e. The van der Waals surface area contributed by atoms with Crippen LogP contribution >= 0.6 is 11.8 Å². The molecule has 3 atom stereocenters. The van der Waals surface area contributed by atoms with Gasteiger partial charge in [0.25, 0.3) is 0 Å². The minimum Gasteiger partial charge on any atom is -0.469 e. The second kappa shape index (κ2) is 14.0. The second-order valence-electron chi connectivity index (χ2n) is 7.71. The first-order chi connectivity index (χ1) is 15.0. The molecule has 0 saturated carbocycles. The molecule has 1 aromatic rings. The van der Waals surface area contributed by atoms with Crippen molar-refractivity contribution in [1.29, 1.82) is 0 Å². The van der Waals surface area contributed by atoms with Gasteiger partial charge >= 0.3 is 5.97 Å². The molecule has 0 aromatic heterocycles. The number of benzene rings is 1. The average Bonchev–Trinajstić information content (AvgIpc) is 3.14. The predicted octanol–water partition coefficient (Wildman–Crippen LogP) is 3.66. The molecule has 168 valence electrons. The van der Waals surface area contributed by atoms with Gasteiger partial charge < -0.3 is 14.7 Å². The summed E-state index contributed by atoms with van der Waals surface area (Å²) in [7, 11) is 1.40. The number of carbonyl (C=O) groups is 2. The van der Waals surface area contributed by atoms with Gasteiger partial charge in [-0.05, 0) is 36.6 Å². The molecule has 1 fully saturated rings. The summed E-state index contributed by atoms with van der Waals surface area (Å²) in [4.78, 5) is 25.2. The molecule has 0 unspecified atom stereocenters. The van der Waals surface area contributed by atoms with E-state index < -0.39 is 6.10 Å². The lowest BCUT2D eigenvalue weighted by molar-refractivity contribution is -0.140. The van der Waals surface area contributed by atoms with Crippen molar-refractivity contribution in [3.8, 4) is 11.8 Å². The first-order valence-corrected chi connectivity index (χ1v) is 12.0. The minimum atomic E-state index is -0.588. The van der Waals surface area contributed by atoms with E-state index in [-0.39, 0.29) is 23.8 Å². The van der Waals surface area contributed by atoms with Crippen LogP contribution in [0.25, 0.3) is 0 Å². The Balaban J connectivity index is 1.74. The van der Waals surface area contributed by atoms with Crippen molar-refractivity contribution in [3.05, 3.63) is 48.0 Å². The number of aliphatic hydroxyl groups excluding tert-OH is 1. The van der Waals surface area contributed by atoms with Gasteiger partial charge in [-0.25, -0.2) is 0 Å². The molecule has 0 spiro atoms. The fraction of sp³-hybridized carbons (Fsp3) is 0.520. The molecule has 1 heterocycles. The van der Waals surface area contributed by atoms with Crippen LogP contribution in [0.5, 0.6) is 0 Å². The summed E-state index contributed by atoms with van der Waals surface area (Å²) in [5.74, 6) is 7.98. The van der Waals surface area contributed by atoms with Crippen molar-refractivity contribution in [2.24, 2.45) is 5.92 Å². The first kappa shape index (κ1) is 25.0. The van der Waals surface area contributed by atoms with Crippen LogP contribution in [0.4, 0.5) is 0 Å². The zero-order chi connectivity index (χ0) is 22.5. The van der Waals surface area contributed by atoms with Gasteiger partial charge in [-0.1, -0.05) is 49.1 Å². The highest BCUT2D eigenvalue weighted by molar-refractivity contribution is 7.99. The number of likely N-dealkylation sites (tertiary alicyclic amines) is 1. The predicted molar refractivity (Wildman–Crippen MR) is 126 cm³/mol. The molecule has 0 bridgehead atoms. The fourth-order valence-electron chi connectivity index (χ4n) is 3.32. The number of methoxy groups -OCH3 is 1. The van der Waals surface area contributed by atoms with Crippen LogP contribution in [0.3, 0.4) is 0 Å². The van der Waals surface area contributed by atoms with Crippen LogP contribution in [0.2, 0.25) is 0 Å². The zero-order valence-corrected chi connectivity index (χ0v) is 19.3. The maximum absolute atomic E-state index is 12.2. The van der Waals surface area contributed by atoms with Crippen LogP contribution in [0.15, 0.2) is 42.5 Å². The van der Waals surface area contributed by atoms with Crippen molar-refractivity contribution in [2.45, 2.75) is 51.2 Å². The van der Waals surface area contributed by atoms with Crippen LogP contribution in [0, 0.1) is 17.8 Å². The molecule has 1 amide bonds. The molecule has 2 rings (SSSR count). The maximum atomic E-state index is 12.2. The summed E-state index contributed by atoms with van der Waals surface area (Å²) in [5, 5.41) is 10.5. The number of carbonyl (C=O) groups excluding carboxylic acids is 2. The van der Waals surface area contributed by atoms with E-state index in [1.807, 2.05) is 54.3 Å². The summed E-state index contributed by atoms with van der Waals surface area (Å²) in [6, 6.07) is 9.86. The lowest BCUT2D eigenvalue weighted by Crippen LogP contribution is -2.34. The number of hydrogen-bond acceptors (Lipinski definition) is 5. The van der Waals surface area contributed by atoms with E-state index in [1.54, 1.807) is 11.8 Å². The number of amides is 1. The van der Waals surface area contributed by atoms with E-state index in [1.165, 1.54) is 7.11 Å². The van der Waals surface area contributed by atoms with Crippen molar-refractivity contribution in [1.82, 2.24) is 4.90 Å². The molecule has 1 saturated heterocycles. The van der Waals surface area contributed by atoms with Gasteiger partial charge in [-0.2, -0.15) is 11.8 Å². The third-order valence-corrected chi connectivity index (χ3v) is 6.34. The van der Waals surface area contributed by atoms with E-state index in [9.17, 15) is 14.7 Å². The standard InChI is InChI=1S/C25H33NO4S/c1-20(8-6-11-21-9-4-3-5-10-21)23(27)15-13-22-14-16-24(28)26(22)17-19-31-18-7-12-25(29)30-2/h3-5,9-10,13,15,20,22-23,27H,7-8,12,14,16-19H2,1-2H3/b15-13+/t20-,22-,23+/m0/s1. The van der Waals surface area contributed by atoms with Gasteiger partial charge in [-0.15, -0.1) is 0 Å². The van der Waals surface area contributed by atoms with E-state index in [4.69, 9.17) is 0 Å². The summed E-state index contributed by atoms with van der Waals surface area (Å²) in [6.45, 7) is 2.67. The Kier molecular flexibility index (Phi) is 11.3. The smallest absolute Gasteiger partial charge is 0.305 e. The van der Waals surface area contributed by atoms with Gasteiger partial charge in [-0.3, -0.25) is 9.59 Å². The molecule has 31 heavy (non-hydrogen) atoms. The molecule has 0 aliphatic carbocycles. The topological polar surface area (TPSA) is 66.8 Å². The largest absolute Gasteiger partial charge is 0.469 e. The quantitative estimate of drug-likeness (QED) is 0.245. The second-order valence-corrected chi connectivity index (χ2v) is 8.93. The van der Waals surface area contributed by atoms with Crippen LogP contribution in [-0.2, 0) is 14.3 Å². The third kappa shape index (κ3) is 9.20. The Morgan fingerprint density at radius 2 is 2.13 bits per heavy atom. The number of thioether (sulfide) groups is 1. The van der Waals surface area contributed by atoms with Crippen LogP contribution < -0.4 is 0 Å². The minimum absolute atomic E-state index is 0.0170. The monoisotopic (exact) mass is 443 g/mol. The summed E-state index contributed by atoms with van der Waals surface area (Å²) >= 11 is 1.74. The SMILES string of the molecule is COC(=O)CCCSCCN1C(=O)CC[C@@H]1/C=C/[C@@H](O)[C@@H](C)CC#Cc1ccccc1. The lowest BCUT2D eigenvalue weighted by Gasteiger charge is -2.23. The number of rotatable bonds is 11. The molecule has 1 aliphatic rings. The number of aliphatic hydroxyl groups is 1. The summed E-state index contributed by atoms with van der Waals surface area (Å²) < 4.78 is 4.63. The fourth-order valence-corrected chi connectivity index (χ4v) is 4.20. The molecule has 1 N–H and O–H groups in total. The number of hydrogen-bond donors (Lipinski definition) is 1. The third-order valence-electron chi connectivity index (χ3n) is 5.29. The molecular weight excluding hydrogens is 410 g/mol. The Morgan fingerprint density at radius 3 is 2.87 bits per heavy atom. The highest BCUT2D eigenvalue weighted by Gasteiger charge is 2.28. The normalized spacial score (nSPS) is 18.0. The molecular formula is C25H33NO4S. The van der Waals surface area contributed by atoms with E-state index in [2.05, 4.69) is 16.6 Å². The molecule has 0 radical (unpaired) electrons.